The Morgan fingerprint density at radius 2 is 2.24 bits per heavy atom. The summed E-state index contributed by atoms with van der Waals surface area (Å²) in [5, 5.41) is 5.67. The Morgan fingerprint density at radius 1 is 1.43 bits per heavy atom. The monoisotopic (exact) mass is 305 g/mol. The van der Waals surface area contributed by atoms with Crippen LogP contribution in [0.3, 0.4) is 0 Å². The van der Waals surface area contributed by atoms with Crippen LogP contribution in [0, 0.1) is 0 Å². The molecule has 7 heteroatoms. The van der Waals surface area contributed by atoms with Crippen molar-refractivity contribution in [2.45, 2.75) is 12.8 Å². The molecule has 21 heavy (non-hydrogen) atoms. The van der Waals surface area contributed by atoms with Crippen molar-refractivity contribution in [2.75, 3.05) is 12.4 Å². The van der Waals surface area contributed by atoms with Crippen LogP contribution >= 0.6 is 11.3 Å². The fourth-order valence-corrected chi connectivity index (χ4v) is 2.45. The van der Waals surface area contributed by atoms with E-state index in [1.165, 1.54) is 18.4 Å². The molecular formula is C14H15N3O3S. The number of aryl methyl sites for hydroxylation is 1. The molecule has 0 aliphatic carbocycles. The maximum atomic E-state index is 11.1. The lowest BCUT2D eigenvalue weighted by Crippen LogP contribution is -2.10. The van der Waals surface area contributed by atoms with Gasteiger partial charge in [0.15, 0.2) is 5.13 Å². The first kappa shape index (κ1) is 15.0. The molecule has 0 spiro atoms. The van der Waals surface area contributed by atoms with Crippen molar-refractivity contribution in [3.05, 3.63) is 40.9 Å². The zero-order chi connectivity index (χ0) is 15.2. The van der Waals surface area contributed by atoms with Crippen molar-refractivity contribution in [1.82, 2.24) is 4.98 Å². The van der Waals surface area contributed by atoms with E-state index < -0.39 is 5.91 Å². The lowest BCUT2D eigenvalue weighted by atomic mass is 10.2. The number of methoxy groups -OCH3 is 1. The molecule has 0 atom stereocenters. The molecule has 1 aromatic heterocycles. The van der Waals surface area contributed by atoms with Crippen LogP contribution in [0.15, 0.2) is 29.6 Å². The highest BCUT2D eigenvalue weighted by atomic mass is 32.1. The fourth-order valence-electron chi connectivity index (χ4n) is 1.69. The summed E-state index contributed by atoms with van der Waals surface area (Å²) in [6.07, 6.45) is 0.836. The van der Waals surface area contributed by atoms with E-state index in [9.17, 15) is 9.59 Å². The van der Waals surface area contributed by atoms with Gasteiger partial charge in [-0.25, -0.2) is 4.98 Å². The molecule has 0 aliphatic rings. The van der Waals surface area contributed by atoms with Crippen molar-refractivity contribution in [3.63, 3.8) is 0 Å². The zero-order valence-corrected chi connectivity index (χ0v) is 12.3. The number of rotatable bonds is 6. The Balaban J connectivity index is 2.00. The second-order valence-electron chi connectivity index (χ2n) is 4.29. The largest absolute Gasteiger partial charge is 0.469 e. The van der Waals surface area contributed by atoms with E-state index in [2.05, 4.69) is 15.0 Å². The quantitative estimate of drug-likeness (QED) is 0.797. The molecule has 1 aromatic carbocycles. The van der Waals surface area contributed by atoms with Gasteiger partial charge in [0, 0.05) is 23.1 Å². The summed E-state index contributed by atoms with van der Waals surface area (Å²) in [5.74, 6) is -0.733. The van der Waals surface area contributed by atoms with E-state index >= 15 is 0 Å². The molecule has 0 fully saturated rings. The summed E-state index contributed by atoms with van der Waals surface area (Å²) in [5.41, 5.74) is 7.23. The number of aromatic nitrogens is 1. The lowest BCUT2D eigenvalue weighted by molar-refractivity contribution is -0.140. The van der Waals surface area contributed by atoms with Crippen LogP contribution in [0.2, 0.25) is 0 Å². The number of nitrogens with two attached hydrogens (primary N) is 1. The smallest absolute Gasteiger partial charge is 0.305 e. The fraction of sp³-hybridized carbons (Fsp3) is 0.214. The molecular weight excluding hydrogens is 290 g/mol. The number of primary amides is 1. The predicted octanol–water partition coefficient (Wildman–Crippen LogP) is 2.09. The molecule has 0 bridgehead atoms. The van der Waals surface area contributed by atoms with Gasteiger partial charge in [-0.05, 0) is 18.2 Å². The van der Waals surface area contributed by atoms with E-state index in [4.69, 9.17) is 5.73 Å². The first-order valence-corrected chi connectivity index (χ1v) is 7.14. The topological polar surface area (TPSA) is 94.3 Å². The predicted molar refractivity (Wildman–Crippen MR) is 80.7 cm³/mol. The van der Waals surface area contributed by atoms with Gasteiger partial charge in [0.05, 0.1) is 19.2 Å². The van der Waals surface area contributed by atoms with E-state index in [1.54, 1.807) is 18.2 Å². The highest BCUT2D eigenvalue weighted by Gasteiger charge is 2.07. The molecule has 110 valence electrons. The van der Waals surface area contributed by atoms with Gasteiger partial charge in [-0.15, -0.1) is 11.3 Å². The Bertz CT molecular complexity index is 654. The normalized spacial score (nSPS) is 10.1. The average molecular weight is 305 g/mol. The van der Waals surface area contributed by atoms with Crippen molar-refractivity contribution in [2.24, 2.45) is 5.73 Å². The first-order valence-electron chi connectivity index (χ1n) is 6.26. The number of carbonyl (C=O) groups excluding carboxylic acids is 2. The van der Waals surface area contributed by atoms with Gasteiger partial charge in [-0.3, -0.25) is 9.59 Å². The van der Waals surface area contributed by atoms with Crippen LogP contribution in [0.1, 0.15) is 22.5 Å². The van der Waals surface area contributed by atoms with Gasteiger partial charge in [-0.1, -0.05) is 6.07 Å². The van der Waals surface area contributed by atoms with Crippen molar-refractivity contribution < 1.29 is 14.3 Å². The van der Waals surface area contributed by atoms with Crippen LogP contribution in [0.25, 0.3) is 0 Å². The van der Waals surface area contributed by atoms with E-state index in [1.807, 2.05) is 11.4 Å². The summed E-state index contributed by atoms with van der Waals surface area (Å²) >= 11 is 1.43. The molecule has 2 aromatic rings. The third kappa shape index (κ3) is 4.28. The third-order valence-corrected chi connectivity index (χ3v) is 3.57. The minimum absolute atomic E-state index is 0.258. The Morgan fingerprint density at radius 3 is 2.95 bits per heavy atom. The van der Waals surface area contributed by atoms with Crippen molar-refractivity contribution in [3.8, 4) is 0 Å². The molecule has 0 unspecified atom stereocenters. The molecule has 0 radical (unpaired) electrons. The number of thiazole rings is 1. The molecule has 2 rings (SSSR count). The van der Waals surface area contributed by atoms with Crippen molar-refractivity contribution >= 4 is 34.0 Å². The standard InChI is InChI=1S/C14H15N3O3S/c1-20-12(18)6-5-11-8-21-14(17-11)16-10-4-2-3-9(7-10)13(15)19/h2-4,7-8H,5-6H2,1H3,(H2,15,19)(H,16,17). The van der Waals surface area contributed by atoms with Gasteiger partial charge in [-0.2, -0.15) is 0 Å². The second kappa shape index (κ2) is 6.85. The minimum Gasteiger partial charge on any atom is -0.469 e. The summed E-state index contributed by atoms with van der Waals surface area (Å²) in [4.78, 5) is 26.6. The van der Waals surface area contributed by atoms with Crippen LogP contribution < -0.4 is 11.1 Å². The highest BCUT2D eigenvalue weighted by Crippen LogP contribution is 2.22. The van der Waals surface area contributed by atoms with Crippen LogP contribution in [0.4, 0.5) is 10.8 Å². The van der Waals surface area contributed by atoms with Crippen LogP contribution in [0.5, 0.6) is 0 Å². The maximum absolute atomic E-state index is 11.1. The van der Waals surface area contributed by atoms with Crippen LogP contribution in [-0.2, 0) is 16.0 Å². The number of amides is 1. The molecule has 1 amide bonds. The Hall–Kier alpha value is -2.41. The molecule has 6 nitrogen and oxygen atoms in total. The third-order valence-electron chi connectivity index (χ3n) is 2.76. The average Bonchev–Trinajstić information content (AvgIpc) is 2.92. The summed E-state index contributed by atoms with van der Waals surface area (Å²) < 4.78 is 4.59. The zero-order valence-electron chi connectivity index (χ0n) is 11.5. The Labute approximate surface area is 125 Å². The van der Waals surface area contributed by atoms with Gasteiger partial charge < -0.3 is 15.8 Å². The highest BCUT2D eigenvalue weighted by molar-refractivity contribution is 7.13. The van der Waals surface area contributed by atoms with Gasteiger partial charge in [0.2, 0.25) is 5.91 Å². The van der Waals surface area contributed by atoms with E-state index in [0.717, 1.165) is 11.4 Å². The molecule has 0 saturated heterocycles. The van der Waals surface area contributed by atoms with E-state index in [-0.39, 0.29) is 5.97 Å². The molecule has 0 aliphatic heterocycles. The summed E-state index contributed by atoms with van der Waals surface area (Å²) in [6.45, 7) is 0. The summed E-state index contributed by atoms with van der Waals surface area (Å²) in [6, 6.07) is 6.88. The number of anilines is 2. The SMILES string of the molecule is COC(=O)CCc1csc(Nc2cccc(C(N)=O)c2)n1. The number of esters is 1. The number of ether oxygens (including phenoxy) is 1. The lowest BCUT2D eigenvalue weighted by Gasteiger charge is -2.03. The van der Waals surface area contributed by atoms with E-state index in [0.29, 0.717) is 23.5 Å². The first-order chi connectivity index (χ1) is 10.1. The molecule has 1 heterocycles. The number of carbonyl (C=O) groups is 2. The maximum Gasteiger partial charge on any atom is 0.305 e. The Kier molecular flexibility index (Phi) is 4.89. The number of nitrogens with zero attached hydrogens (tertiary/aromatic N) is 1. The number of hydrogen-bond donors (Lipinski definition) is 2. The molecule has 0 saturated carbocycles. The number of nitrogens with one attached hydrogen (secondary N) is 1. The number of benzene rings is 1. The minimum atomic E-state index is -0.475. The second-order valence-corrected chi connectivity index (χ2v) is 5.15. The van der Waals surface area contributed by atoms with Gasteiger partial charge in [0.25, 0.3) is 0 Å². The van der Waals surface area contributed by atoms with Crippen molar-refractivity contribution in [1.29, 1.82) is 0 Å². The van der Waals surface area contributed by atoms with Crippen LogP contribution in [-0.4, -0.2) is 24.0 Å². The van der Waals surface area contributed by atoms with Gasteiger partial charge in [0.1, 0.15) is 0 Å². The molecule has 3 N–H and O–H groups in total. The van der Waals surface area contributed by atoms with Gasteiger partial charge >= 0.3 is 5.97 Å². The summed E-state index contributed by atoms with van der Waals surface area (Å²) in [7, 11) is 1.36. The number of hydrogen-bond acceptors (Lipinski definition) is 6.